The Kier molecular flexibility index (Phi) is 5.68. The third-order valence-corrected chi connectivity index (χ3v) is 5.23. The minimum absolute atomic E-state index is 0.155. The van der Waals surface area contributed by atoms with Crippen LogP contribution in [0.4, 0.5) is 8.78 Å². The summed E-state index contributed by atoms with van der Waals surface area (Å²) in [6.07, 6.45) is -0.362. The summed E-state index contributed by atoms with van der Waals surface area (Å²) in [5.41, 5.74) is 4.55. The molecule has 2 aromatic carbocycles. The number of alkyl halides is 2. The monoisotopic (exact) mass is 450 g/mol. The van der Waals surface area contributed by atoms with Crippen LogP contribution in [0.15, 0.2) is 53.0 Å². The molecule has 0 aliphatic carbocycles. The van der Waals surface area contributed by atoms with Gasteiger partial charge in [-0.1, -0.05) is 46.3 Å². The first-order chi connectivity index (χ1) is 13.3. The van der Waals surface area contributed by atoms with Crippen molar-refractivity contribution in [1.82, 2.24) is 0 Å². The number of carbonyl (C=O) groups excluding carboxylic acids is 1. The number of amides is 1. The fraction of sp³-hybridized carbons (Fsp3) is 0.300. The van der Waals surface area contributed by atoms with Crippen molar-refractivity contribution in [2.75, 3.05) is 13.2 Å². The van der Waals surface area contributed by atoms with E-state index in [1.54, 1.807) is 42.5 Å². The van der Waals surface area contributed by atoms with Crippen molar-refractivity contribution in [3.63, 3.8) is 0 Å². The van der Waals surface area contributed by atoms with E-state index in [-0.39, 0.29) is 17.7 Å². The van der Waals surface area contributed by atoms with Gasteiger partial charge in [-0.2, -0.15) is 5.26 Å². The Bertz CT molecular complexity index is 917. The van der Waals surface area contributed by atoms with E-state index in [9.17, 15) is 4.79 Å². The average molecular weight is 451 g/mol. The maximum absolute atomic E-state index is 15.1. The molecule has 1 heterocycles. The van der Waals surface area contributed by atoms with E-state index in [1.807, 2.05) is 0 Å². The zero-order valence-corrected chi connectivity index (χ0v) is 16.3. The van der Waals surface area contributed by atoms with Crippen LogP contribution in [0.3, 0.4) is 0 Å². The Hall–Kier alpha value is -2.50. The lowest BCUT2D eigenvalue weighted by atomic mass is 9.75. The number of carbonyl (C=O) groups is 1. The van der Waals surface area contributed by atoms with Gasteiger partial charge in [-0.15, -0.1) is 0 Å². The maximum Gasteiger partial charge on any atom is 0.278 e. The number of fused-ring (bicyclic) bond motifs is 1. The zero-order valence-electron chi connectivity index (χ0n) is 14.7. The molecule has 1 unspecified atom stereocenters. The molecule has 0 fully saturated rings. The Labute approximate surface area is 169 Å². The molecule has 0 radical (unpaired) electrons. The molecule has 3 rings (SSSR count). The maximum atomic E-state index is 15.1. The van der Waals surface area contributed by atoms with E-state index >= 15 is 8.78 Å². The summed E-state index contributed by atoms with van der Waals surface area (Å²) >= 11 is 3.28. The number of nitriles is 1. The van der Waals surface area contributed by atoms with Gasteiger partial charge in [0.1, 0.15) is 19.0 Å². The molecule has 0 saturated heterocycles. The number of nitrogens with two attached hydrogens (primary N) is 1. The van der Waals surface area contributed by atoms with E-state index in [1.165, 1.54) is 12.1 Å². The molecule has 0 saturated carbocycles. The lowest BCUT2D eigenvalue weighted by Gasteiger charge is -2.42. The number of ether oxygens (including phenoxy) is 2. The van der Waals surface area contributed by atoms with Crippen LogP contribution in [0.25, 0.3) is 0 Å². The summed E-state index contributed by atoms with van der Waals surface area (Å²) in [6, 6.07) is 14.7. The van der Waals surface area contributed by atoms with E-state index < -0.39 is 36.6 Å². The van der Waals surface area contributed by atoms with Crippen LogP contribution < -0.4 is 10.5 Å². The van der Waals surface area contributed by atoms with Crippen LogP contribution in [0.2, 0.25) is 0 Å². The van der Waals surface area contributed by atoms with E-state index in [2.05, 4.69) is 15.9 Å². The summed E-state index contributed by atoms with van der Waals surface area (Å²) in [5, 5.41) is 8.56. The quantitative estimate of drug-likeness (QED) is 0.676. The molecule has 1 aliphatic rings. The first kappa shape index (κ1) is 20.2. The summed E-state index contributed by atoms with van der Waals surface area (Å²) in [4.78, 5) is 12.5. The SMILES string of the molecule is N#CCOCC(F)(F)C1C[C@@](C(N)=O)(c2ccccc2)Oc2ccc(Br)cc21. The van der Waals surface area contributed by atoms with Crippen LogP contribution in [0.1, 0.15) is 23.5 Å². The highest BCUT2D eigenvalue weighted by atomic mass is 79.9. The number of benzene rings is 2. The molecule has 2 atom stereocenters. The van der Waals surface area contributed by atoms with Gasteiger partial charge in [-0.3, -0.25) is 4.79 Å². The van der Waals surface area contributed by atoms with Crippen molar-refractivity contribution in [3.8, 4) is 11.8 Å². The fourth-order valence-electron chi connectivity index (χ4n) is 3.40. The molecule has 8 heteroatoms. The van der Waals surface area contributed by atoms with Crippen molar-refractivity contribution in [3.05, 3.63) is 64.1 Å². The third kappa shape index (κ3) is 3.73. The molecule has 1 aliphatic heterocycles. The molecular formula is C20H17BrF2N2O3. The first-order valence-electron chi connectivity index (χ1n) is 8.46. The molecule has 5 nitrogen and oxygen atoms in total. The van der Waals surface area contributed by atoms with Crippen LogP contribution in [0, 0.1) is 11.3 Å². The van der Waals surface area contributed by atoms with Gasteiger partial charge in [-0.25, -0.2) is 8.78 Å². The number of rotatable bonds is 6. The van der Waals surface area contributed by atoms with Gasteiger partial charge in [0.2, 0.25) is 5.60 Å². The van der Waals surface area contributed by atoms with Crippen molar-refractivity contribution < 1.29 is 23.0 Å². The number of primary amides is 1. The average Bonchev–Trinajstić information content (AvgIpc) is 2.67. The number of nitrogens with zero attached hydrogens (tertiary/aromatic N) is 1. The molecule has 28 heavy (non-hydrogen) atoms. The van der Waals surface area contributed by atoms with Crippen LogP contribution in [-0.4, -0.2) is 25.0 Å². The predicted molar refractivity (Wildman–Crippen MR) is 101 cm³/mol. The van der Waals surface area contributed by atoms with E-state index in [0.29, 0.717) is 10.0 Å². The molecule has 2 aromatic rings. The standard InChI is InChI=1S/C20H17BrF2N2O3/c21-14-6-7-17-15(10-14)16(20(22,23)12-27-9-8-24)11-19(28-17,18(25)26)13-4-2-1-3-5-13/h1-7,10,16H,9,11-12H2,(H2,25,26)/t16?,19-/m0/s1. The number of hydrogen-bond acceptors (Lipinski definition) is 4. The zero-order chi connectivity index (χ0) is 20.4. The molecule has 146 valence electrons. The van der Waals surface area contributed by atoms with Gasteiger partial charge in [-0.05, 0) is 18.2 Å². The fourth-order valence-corrected chi connectivity index (χ4v) is 3.78. The van der Waals surface area contributed by atoms with Gasteiger partial charge in [0.25, 0.3) is 11.8 Å². The molecular weight excluding hydrogens is 434 g/mol. The molecule has 1 amide bonds. The lowest BCUT2D eigenvalue weighted by molar-refractivity contribution is -0.145. The van der Waals surface area contributed by atoms with Crippen molar-refractivity contribution >= 4 is 21.8 Å². The predicted octanol–water partition coefficient (Wildman–Crippen LogP) is 3.87. The van der Waals surface area contributed by atoms with E-state index in [4.69, 9.17) is 20.5 Å². The minimum Gasteiger partial charge on any atom is -0.472 e. The highest BCUT2D eigenvalue weighted by molar-refractivity contribution is 9.10. The van der Waals surface area contributed by atoms with Crippen molar-refractivity contribution in [2.24, 2.45) is 5.73 Å². The van der Waals surface area contributed by atoms with Gasteiger partial charge in [0, 0.05) is 22.0 Å². The van der Waals surface area contributed by atoms with Crippen LogP contribution in [0.5, 0.6) is 5.75 Å². The van der Waals surface area contributed by atoms with Crippen LogP contribution >= 0.6 is 15.9 Å². The highest BCUT2D eigenvalue weighted by Crippen LogP contribution is 2.52. The van der Waals surface area contributed by atoms with Crippen molar-refractivity contribution in [2.45, 2.75) is 23.9 Å². The molecule has 2 N–H and O–H groups in total. The largest absolute Gasteiger partial charge is 0.472 e. The van der Waals surface area contributed by atoms with Crippen LogP contribution in [-0.2, 0) is 15.1 Å². The normalized spacial score (nSPS) is 21.3. The first-order valence-corrected chi connectivity index (χ1v) is 9.26. The summed E-state index contributed by atoms with van der Waals surface area (Å²) in [6.45, 7) is -1.41. The summed E-state index contributed by atoms with van der Waals surface area (Å²) in [5.74, 6) is -5.46. The summed E-state index contributed by atoms with van der Waals surface area (Å²) < 4.78 is 41.6. The second-order valence-corrected chi connectivity index (χ2v) is 7.43. The number of halogens is 3. The highest BCUT2D eigenvalue weighted by Gasteiger charge is 2.54. The Morgan fingerprint density at radius 1 is 1.36 bits per heavy atom. The molecule has 0 aromatic heterocycles. The Balaban J connectivity index is 2.12. The molecule has 0 bridgehead atoms. The van der Waals surface area contributed by atoms with E-state index in [0.717, 1.165) is 0 Å². The smallest absolute Gasteiger partial charge is 0.278 e. The van der Waals surface area contributed by atoms with Gasteiger partial charge in [0.15, 0.2) is 0 Å². The minimum atomic E-state index is -3.36. The van der Waals surface area contributed by atoms with Crippen molar-refractivity contribution in [1.29, 1.82) is 5.26 Å². The lowest BCUT2D eigenvalue weighted by Crippen LogP contribution is -2.52. The Morgan fingerprint density at radius 3 is 2.71 bits per heavy atom. The van der Waals surface area contributed by atoms with Gasteiger partial charge < -0.3 is 15.2 Å². The second kappa shape index (κ2) is 7.86. The number of hydrogen-bond donors (Lipinski definition) is 1. The summed E-state index contributed by atoms with van der Waals surface area (Å²) in [7, 11) is 0. The second-order valence-electron chi connectivity index (χ2n) is 6.51. The Morgan fingerprint density at radius 2 is 2.07 bits per heavy atom. The van der Waals surface area contributed by atoms with Gasteiger partial charge >= 0.3 is 0 Å². The van der Waals surface area contributed by atoms with Gasteiger partial charge in [0.05, 0.1) is 12.0 Å². The molecule has 0 spiro atoms. The third-order valence-electron chi connectivity index (χ3n) is 4.73. The topological polar surface area (TPSA) is 85.3 Å².